The number of benzene rings is 2. The Labute approximate surface area is 167 Å². The van der Waals surface area contributed by atoms with Gasteiger partial charge < -0.3 is 20.4 Å². The van der Waals surface area contributed by atoms with E-state index < -0.39 is 5.60 Å². The van der Waals surface area contributed by atoms with E-state index in [9.17, 15) is 15.0 Å². The topological polar surface area (TPSA) is 72.8 Å². The summed E-state index contributed by atoms with van der Waals surface area (Å²) >= 11 is 0. The van der Waals surface area contributed by atoms with Crippen molar-refractivity contribution in [2.75, 3.05) is 26.2 Å². The lowest BCUT2D eigenvalue weighted by molar-refractivity contribution is -0.0248. The minimum absolute atomic E-state index is 0.0953. The van der Waals surface area contributed by atoms with Crippen LogP contribution in [0.15, 0.2) is 60.7 Å². The average Bonchev–Trinajstić information content (AvgIpc) is 2.95. The molecule has 0 radical (unpaired) electrons. The molecule has 1 atom stereocenters. The smallest absolute Gasteiger partial charge is 0.317 e. The molecular formula is C23H30N2O3. The lowest BCUT2D eigenvalue weighted by Gasteiger charge is -2.25. The summed E-state index contributed by atoms with van der Waals surface area (Å²) in [5.41, 5.74) is 1.43. The van der Waals surface area contributed by atoms with Gasteiger partial charge in [0, 0.05) is 25.6 Å². The highest BCUT2D eigenvalue weighted by Crippen LogP contribution is 2.27. The number of aliphatic hydroxyl groups is 2. The number of likely N-dealkylation sites (tertiary alicyclic amines) is 1. The molecule has 2 aromatic carbocycles. The summed E-state index contributed by atoms with van der Waals surface area (Å²) in [6, 6.07) is 20.6. The fourth-order valence-corrected chi connectivity index (χ4v) is 3.87. The molecule has 1 saturated heterocycles. The predicted octanol–water partition coefficient (Wildman–Crippen LogP) is 3.13. The number of urea groups is 1. The van der Waals surface area contributed by atoms with Gasteiger partial charge in [0.25, 0.3) is 0 Å². The molecule has 0 saturated carbocycles. The molecule has 2 aromatic rings. The zero-order chi connectivity index (χ0) is 19.8. The van der Waals surface area contributed by atoms with Gasteiger partial charge in [-0.3, -0.25) is 0 Å². The van der Waals surface area contributed by atoms with Crippen molar-refractivity contribution in [1.82, 2.24) is 10.2 Å². The Hall–Kier alpha value is -2.37. The predicted molar refractivity (Wildman–Crippen MR) is 110 cm³/mol. The van der Waals surface area contributed by atoms with Gasteiger partial charge in [-0.15, -0.1) is 0 Å². The van der Waals surface area contributed by atoms with E-state index in [1.807, 2.05) is 36.4 Å². The number of carbonyl (C=O) groups excluding carboxylic acids is 1. The van der Waals surface area contributed by atoms with Gasteiger partial charge in [-0.2, -0.15) is 0 Å². The first-order valence-electron chi connectivity index (χ1n) is 10.1. The van der Waals surface area contributed by atoms with Gasteiger partial charge in [0.05, 0.1) is 12.2 Å². The molecule has 5 heteroatoms. The Morgan fingerprint density at radius 3 is 2.18 bits per heavy atom. The summed E-state index contributed by atoms with van der Waals surface area (Å²) in [4.78, 5) is 14.3. The number of hydrogen-bond acceptors (Lipinski definition) is 3. The highest BCUT2D eigenvalue weighted by atomic mass is 16.3. The lowest BCUT2D eigenvalue weighted by atomic mass is 9.88. The van der Waals surface area contributed by atoms with Crippen LogP contribution in [-0.4, -0.2) is 53.0 Å². The Kier molecular flexibility index (Phi) is 7.06. The first kappa shape index (κ1) is 20.4. The lowest BCUT2D eigenvalue weighted by Crippen LogP contribution is -2.42. The van der Waals surface area contributed by atoms with E-state index in [1.165, 1.54) is 11.1 Å². The van der Waals surface area contributed by atoms with Gasteiger partial charge in [-0.25, -0.2) is 4.79 Å². The zero-order valence-corrected chi connectivity index (χ0v) is 16.3. The first-order valence-corrected chi connectivity index (χ1v) is 10.1. The van der Waals surface area contributed by atoms with Crippen LogP contribution in [0.1, 0.15) is 42.7 Å². The van der Waals surface area contributed by atoms with E-state index in [2.05, 4.69) is 29.6 Å². The number of carbonyl (C=O) groups is 1. The molecule has 0 bridgehead atoms. The molecule has 5 nitrogen and oxygen atoms in total. The standard InChI is InChI=1S/C23H30N2O3/c26-18-23(28)13-7-16-25(17-14-23)22(27)24-15-12-21(19-8-3-1-4-9-19)20-10-5-2-6-11-20/h1-6,8-11,21,26,28H,7,12-18H2,(H,24,27). The molecular weight excluding hydrogens is 352 g/mol. The molecule has 3 rings (SSSR count). The summed E-state index contributed by atoms with van der Waals surface area (Å²) in [7, 11) is 0. The Balaban J connectivity index is 1.58. The van der Waals surface area contributed by atoms with Gasteiger partial charge in [0.2, 0.25) is 0 Å². The molecule has 1 aliphatic heterocycles. The van der Waals surface area contributed by atoms with Crippen molar-refractivity contribution >= 4 is 6.03 Å². The Morgan fingerprint density at radius 1 is 1.00 bits per heavy atom. The van der Waals surface area contributed by atoms with Crippen LogP contribution in [0.4, 0.5) is 4.79 Å². The zero-order valence-electron chi connectivity index (χ0n) is 16.3. The van der Waals surface area contributed by atoms with Crippen molar-refractivity contribution in [3.63, 3.8) is 0 Å². The van der Waals surface area contributed by atoms with Crippen molar-refractivity contribution < 1.29 is 15.0 Å². The van der Waals surface area contributed by atoms with Crippen LogP contribution in [0.2, 0.25) is 0 Å². The maximum absolute atomic E-state index is 12.6. The van der Waals surface area contributed by atoms with Crippen LogP contribution < -0.4 is 5.32 Å². The normalized spacial score (nSPS) is 20.0. The molecule has 150 valence electrons. The molecule has 1 fully saturated rings. The average molecular weight is 383 g/mol. The van der Waals surface area contributed by atoms with E-state index in [-0.39, 0.29) is 18.6 Å². The largest absolute Gasteiger partial charge is 0.393 e. The fourth-order valence-electron chi connectivity index (χ4n) is 3.87. The third kappa shape index (κ3) is 5.33. The molecule has 1 aliphatic rings. The second-order valence-electron chi connectivity index (χ2n) is 7.62. The van der Waals surface area contributed by atoms with Crippen LogP contribution in [-0.2, 0) is 0 Å². The quantitative estimate of drug-likeness (QED) is 0.719. The minimum atomic E-state index is -1.05. The second-order valence-corrected chi connectivity index (χ2v) is 7.62. The van der Waals surface area contributed by atoms with Crippen LogP contribution in [0.3, 0.4) is 0 Å². The van der Waals surface area contributed by atoms with Crippen molar-refractivity contribution in [1.29, 1.82) is 0 Å². The van der Waals surface area contributed by atoms with E-state index in [0.717, 1.165) is 6.42 Å². The van der Waals surface area contributed by atoms with Crippen molar-refractivity contribution in [2.24, 2.45) is 0 Å². The van der Waals surface area contributed by atoms with Gasteiger partial charge in [0.15, 0.2) is 0 Å². The molecule has 1 unspecified atom stereocenters. The van der Waals surface area contributed by atoms with Crippen molar-refractivity contribution in [3.8, 4) is 0 Å². The maximum Gasteiger partial charge on any atom is 0.317 e. The molecule has 0 spiro atoms. The summed E-state index contributed by atoms with van der Waals surface area (Å²) in [5.74, 6) is 0.228. The first-order chi connectivity index (χ1) is 13.6. The molecule has 28 heavy (non-hydrogen) atoms. The van der Waals surface area contributed by atoms with Gasteiger partial charge in [-0.1, -0.05) is 60.7 Å². The summed E-state index contributed by atoms with van der Waals surface area (Å²) in [6.45, 7) is 1.39. The Morgan fingerprint density at radius 2 is 1.61 bits per heavy atom. The van der Waals surface area contributed by atoms with Gasteiger partial charge in [0.1, 0.15) is 0 Å². The van der Waals surface area contributed by atoms with Gasteiger partial charge >= 0.3 is 6.03 Å². The third-order valence-corrected chi connectivity index (χ3v) is 5.61. The molecule has 1 heterocycles. The molecule has 0 aromatic heterocycles. The van der Waals surface area contributed by atoms with Crippen molar-refractivity contribution in [2.45, 2.75) is 37.2 Å². The van der Waals surface area contributed by atoms with Crippen LogP contribution >= 0.6 is 0 Å². The summed E-state index contributed by atoms with van der Waals surface area (Å²) in [6.07, 6.45) is 2.44. The number of aliphatic hydroxyl groups excluding tert-OH is 1. The third-order valence-electron chi connectivity index (χ3n) is 5.61. The molecule has 2 amide bonds. The minimum Gasteiger partial charge on any atom is -0.393 e. The van der Waals surface area contributed by atoms with E-state index >= 15 is 0 Å². The maximum atomic E-state index is 12.6. The summed E-state index contributed by atoms with van der Waals surface area (Å²) in [5, 5.41) is 22.6. The van der Waals surface area contributed by atoms with E-state index in [1.54, 1.807) is 4.90 Å². The van der Waals surface area contributed by atoms with Crippen LogP contribution in [0.25, 0.3) is 0 Å². The Bertz CT molecular complexity index is 699. The SMILES string of the molecule is O=C(NCCC(c1ccccc1)c1ccccc1)N1CCCC(O)(CO)CC1. The second kappa shape index (κ2) is 9.71. The fraction of sp³-hybridized carbons (Fsp3) is 0.435. The van der Waals surface area contributed by atoms with E-state index in [0.29, 0.717) is 38.9 Å². The number of rotatable bonds is 6. The number of hydrogen-bond donors (Lipinski definition) is 3. The highest BCUT2D eigenvalue weighted by molar-refractivity contribution is 5.74. The number of amides is 2. The van der Waals surface area contributed by atoms with Gasteiger partial charge in [-0.05, 0) is 36.8 Å². The van der Waals surface area contributed by atoms with Crippen LogP contribution in [0.5, 0.6) is 0 Å². The molecule has 0 aliphatic carbocycles. The van der Waals surface area contributed by atoms with Crippen LogP contribution in [0, 0.1) is 0 Å². The van der Waals surface area contributed by atoms with E-state index in [4.69, 9.17) is 0 Å². The highest BCUT2D eigenvalue weighted by Gasteiger charge is 2.30. The number of nitrogens with zero attached hydrogens (tertiary/aromatic N) is 1. The number of nitrogens with one attached hydrogen (secondary N) is 1. The summed E-state index contributed by atoms with van der Waals surface area (Å²) < 4.78 is 0. The van der Waals surface area contributed by atoms with Crippen molar-refractivity contribution in [3.05, 3.63) is 71.8 Å². The molecule has 3 N–H and O–H groups in total. The monoisotopic (exact) mass is 382 g/mol.